The molecular weight excluding hydrogens is 287 g/mol. The fraction of sp³-hybridized carbons (Fsp3) is 0.538. The molecule has 2 nitrogen and oxygen atoms in total. The highest BCUT2D eigenvalue weighted by Crippen LogP contribution is 2.30. The molecular formula is C13H16BrFO2. The van der Waals surface area contributed by atoms with Gasteiger partial charge < -0.3 is 9.84 Å². The van der Waals surface area contributed by atoms with E-state index in [1.807, 2.05) is 6.92 Å². The second-order valence-corrected chi connectivity index (χ2v) is 5.69. The summed E-state index contributed by atoms with van der Waals surface area (Å²) in [5.41, 5.74) is -0.296. The molecule has 0 bridgehead atoms. The highest BCUT2D eigenvalue weighted by Gasteiger charge is 2.34. The molecule has 2 rings (SSSR count). The van der Waals surface area contributed by atoms with Crippen molar-refractivity contribution in [3.05, 3.63) is 34.1 Å². The average molecular weight is 303 g/mol. The molecule has 1 aromatic carbocycles. The van der Waals surface area contributed by atoms with E-state index in [-0.39, 0.29) is 11.9 Å². The number of benzene rings is 1. The van der Waals surface area contributed by atoms with Crippen molar-refractivity contribution in [1.29, 1.82) is 0 Å². The second kappa shape index (κ2) is 5.04. The van der Waals surface area contributed by atoms with Crippen molar-refractivity contribution in [1.82, 2.24) is 0 Å². The van der Waals surface area contributed by atoms with Gasteiger partial charge in [-0.25, -0.2) is 4.39 Å². The highest BCUT2D eigenvalue weighted by atomic mass is 79.9. The molecule has 94 valence electrons. The van der Waals surface area contributed by atoms with E-state index in [1.165, 1.54) is 6.07 Å². The van der Waals surface area contributed by atoms with E-state index in [9.17, 15) is 9.50 Å². The Bertz CT molecular complexity index is 410. The second-order valence-electron chi connectivity index (χ2n) is 4.77. The maximum atomic E-state index is 13.6. The summed E-state index contributed by atoms with van der Waals surface area (Å²) in [7, 11) is 0. The summed E-state index contributed by atoms with van der Waals surface area (Å²) in [6.07, 6.45) is 1.48. The average Bonchev–Trinajstić information content (AvgIpc) is 2.22. The Kier molecular flexibility index (Phi) is 3.85. The van der Waals surface area contributed by atoms with Gasteiger partial charge >= 0.3 is 0 Å². The molecule has 1 heterocycles. The molecule has 17 heavy (non-hydrogen) atoms. The monoisotopic (exact) mass is 302 g/mol. The number of hydrogen-bond donors (Lipinski definition) is 1. The van der Waals surface area contributed by atoms with Gasteiger partial charge in [0.2, 0.25) is 0 Å². The van der Waals surface area contributed by atoms with Crippen LogP contribution in [0.3, 0.4) is 0 Å². The van der Waals surface area contributed by atoms with Gasteiger partial charge in [-0.05, 0) is 37.1 Å². The van der Waals surface area contributed by atoms with Crippen LogP contribution in [0, 0.1) is 5.82 Å². The van der Waals surface area contributed by atoms with E-state index in [4.69, 9.17) is 4.74 Å². The lowest BCUT2D eigenvalue weighted by Gasteiger charge is -2.35. The van der Waals surface area contributed by atoms with Crippen LogP contribution in [0.4, 0.5) is 4.39 Å². The molecule has 0 spiro atoms. The van der Waals surface area contributed by atoms with Crippen molar-refractivity contribution in [2.24, 2.45) is 0 Å². The number of ether oxygens (including phenoxy) is 1. The third kappa shape index (κ3) is 3.27. The summed E-state index contributed by atoms with van der Waals surface area (Å²) >= 11 is 3.32. The van der Waals surface area contributed by atoms with E-state index in [0.717, 1.165) is 4.47 Å². The van der Waals surface area contributed by atoms with Crippen LogP contribution < -0.4 is 0 Å². The highest BCUT2D eigenvalue weighted by molar-refractivity contribution is 9.10. The molecule has 2 atom stereocenters. The lowest BCUT2D eigenvalue weighted by Crippen LogP contribution is -2.41. The molecule has 0 amide bonds. The fourth-order valence-corrected chi connectivity index (χ4v) is 2.75. The Morgan fingerprint density at radius 3 is 3.06 bits per heavy atom. The lowest BCUT2D eigenvalue weighted by atomic mass is 9.85. The molecule has 0 aromatic heterocycles. The van der Waals surface area contributed by atoms with E-state index in [0.29, 0.717) is 31.4 Å². The van der Waals surface area contributed by atoms with Crippen LogP contribution in [0.15, 0.2) is 22.7 Å². The summed E-state index contributed by atoms with van der Waals surface area (Å²) in [6.45, 7) is 2.47. The number of halogens is 2. The standard InChI is InChI=1S/C13H16BrFO2/c1-9-7-13(16,4-5-17-9)8-10-6-11(14)2-3-12(10)15/h2-3,6,9,16H,4-5,7-8H2,1H3. The van der Waals surface area contributed by atoms with Gasteiger partial charge in [-0.2, -0.15) is 0 Å². The Hall–Kier alpha value is -0.450. The van der Waals surface area contributed by atoms with Gasteiger partial charge in [0, 0.05) is 23.9 Å². The maximum absolute atomic E-state index is 13.6. The van der Waals surface area contributed by atoms with E-state index in [1.54, 1.807) is 12.1 Å². The van der Waals surface area contributed by atoms with Crippen LogP contribution in [0.1, 0.15) is 25.3 Å². The van der Waals surface area contributed by atoms with Crippen molar-refractivity contribution in [3.63, 3.8) is 0 Å². The van der Waals surface area contributed by atoms with E-state index in [2.05, 4.69) is 15.9 Å². The Morgan fingerprint density at radius 2 is 2.35 bits per heavy atom. The molecule has 1 aliphatic heterocycles. The largest absolute Gasteiger partial charge is 0.389 e. The zero-order valence-electron chi connectivity index (χ0n) is 9.75. The molecule has 0 aliphatic carbocycles. The molecule has 4 heteroatoms. The molecule has 0 radical (unpaired) electrons. The predicted molar refractivity (Wildman–Crippen MR) is 67.4 cm³/mol. The van der Waals surface area contributed by atoms with Crippen molar-refractivity contribution in [3.8, 4) is 0 Å². The first-order valence-electron chi connectivity index (χ1n) is 5.76. The van der Waals surface area contributed by atoms with Gasteiger partial charge in [0.15, 0.2) is 0 Å². The van der Waals surface area contributed by atoms with Gasteiger partial charge in [-0.15, -0.1) is 0 Å². The van der Waals surface area contributed by atoms with Gasteiger partial charge in [0.05, 0.1) is 11.7 Å². The van der Waals surface area contributed by atoms with Crippen molar-refractivity contribution in [2.75, 3.05) is 6.61 Å². The Labute approximate surface area is 109 Å². The maximum Gasteiger partial charge on any atom is 0.126 e. The smallest absolute Gasteiger partial charge is 0.126 e. The van der Waals surface area contributed by atoms with Crippen LogP contribution in [0.2, 0.25) is 0 Å². The number of aliphatic hydroxyl groups is 1. The van der Waals surface area contributed by atoms with Crippen LogP contribution >= 0.6 is 15.9 Å². The Balaban J connectivity index is 2.16. The number of rotatable bonds is 2. The molecule has 0 saturated carbocycles. The lowest BCUT2D eigenvalue weighted by molar-refractivity contribution is -0.0964. The third-order valence-corrected chi connectivity index (χ3v) is 3.66. The predicted octanol–water partition coefficient (Wildman–Crippen LogP) is 3.06. The molecule has 1 saturated heterocycles. The Morgan fingerprint density at radius 1 is 1.59 bits per heavy atom. The molecule has 2 unspecified atom stereocenters. The zero-order valence-corrected chi connectivity index (χ0v) is 11.3. The van der Waals surface area contributed by atoms with Crippen LogP contribution in [0.5, 0.6) is 0 Å². The van der Waals surface area contributed by atoms with Gasteiger partial charge in [-0.1, -0.05) is 15.9 Å². The van der Waals surface area contributed by atoms with Crippen molar-refractivity contribution in [2.45, 2.75) is 37.9 Å². The van der Waals surface area contributed by atoms with Gasteiger partial charge in [0.1, 0.15) is 5.82 Å². The molecule has 1 N–H and O–H groups in total. The molecule has 1 aliphatic rings. The summed E-state index contributed by atoms with van der Waals surface area (Å²) in [5.74, 6) is -0.263. The first-order valence-corrected chi connectivity index (χ1v) is 6.56. The normalized spacial score (nSPS) is 29.3. The summed E-state index contributed by atoms with van der Waals surface area (Å²) in [6, 6.07) is 4.81. The third-order valence-electron chi connectivity index (χ3n) is 3.16. The van der Waals surface area contributed by atoms with Crippen LogP contribution in [-0.4, -0.2) is 23.4 Å². The minimum Gasteiger partial charge on any atom is -0.389 e. The zero-order chi connectivity index (χ0) is 12.5. The fourth-order valence-electron chi connectivity index (χ4n) is 2.34. The minimum absolute atomic E-state index is 0.0314. The van der Waals surface area contributed by atoms with Gasteiger partial charge in [0.25, 0.3) is 0 Å². The van der Waals surface area contributed by atoms with Gasteiger partial charge in [-0.3, -0.25) is 0 Å². The summed E-state index contributed by atoms with van der Waals surface area (Å²) < 4.78 is 19.9. The summed E-state index contributed by atoms with van der Waals surface area (Å²) in [5, 5.41) is 10.4. The first kappa shape index (κ1) is 13.0. The first-order chi connectivity index (χ1) is 7.98. The quantitative estimate of drug-likeness (QED) is 0.910. The van der Waals surface area contributed by atoms with E-state index < -0.39 is 5.60 Å². The minimum atomic E-state index is -0.848. The topological polar surface area (TPSA) is 29.5 Å². The van der Waals surface area contributed by atoms with Crippen LogP contribution in [-0.2, 0) is 11.2 Å². The SMILES string of the molecule is CC1CC(O)(Cc2cc(Br)ccc2F)CCO1. The van der Waals surface area contributed by atoms with Crippen molar-refractivity contribution < 1.29 is 14.2 Å². The van der Waals surface area contributed by atoms with Crippen LogP contribution in [0.25, 0.3) is 0 Å². The summed E-state index contributed by atoms with van der Waals surface area (Å²) in [4.78, 5) is 0. The molecule has 1 aromatic rings. The number of hydrogen-bond acceptors (Lipinski definition) is 2. The van der Waals surface area contributed by atoms with Crippen molar-refractivity contribution >= 4 is 15.9 Å². The molecule has 1 fully saturated rings. The van der Waals surface area contributed by atoms with E-state index >= 15 is 0 Å².